The summed E-state index contributed by atoms with van der Waals surface area (Å²) in [5.74, 6) is 1.31. The van der Waals surface area contributed by atoms with E-state index in [4.69, 9.17) is 32.7 Å². The lowest BCUT2D eigenvalue weighted by Gasteiger charge is -2.07. The summed E-state index contributed by atoms with van der Waals surface area (Å²) in [6.07, 6.45) is 1.52. The summed E-state index contributed by atoms with van der Waals surface area (Å²) >= 11 is 11.9. The van der Waals surface area contributed by atoms with Crippen LogP contribution < -0.4 is 14.9 Å². The van der Waals surface area contributed by atoms with Crippen LogP contribution in [0.5, 0.6) is 17.2 Å². The number of hydrazone groups is 1. The maximum Gasteiger partial charge on any atom is 0.277 e. The second kappa shape index (κ2) is 9.78. The van der Waals surface area contributed by atoms with Crippen LogP contribution in [0.15, 0.2) is 77.9 Å². The highest BCUT2D eigenvalue weighted by atomic mass is 35.5. The number of carbonyl (C=O) groups is 1. The molecule has 3 rings (SSSR count). The van der Waals surface area contributed by atoms with Crippen LogP contribution >= 0.6 is 23.2 Å². The van der Waals surface area contributed by atoms with Gasteiger partial charge in [-0.25, -0.2) is 5.43 Å². The van der Waals surface area contributed by atoms with Crippen molar-refractivity contribution in [3.05, 3.63) is 88.4 Å². The molecule has 28 heavy (non-hydrogen) atoms. The van der Waals surface area contributed by atoms with Crippen LogP contribution in [0.4, 0.5) is 0 Å². The lowest BCUT2D eigenvalue weighted by molar-refractivity contribution is -0.123. The largest absolute Gasteiger partial charge is 0.482 e. The molecule has 0 heterocycles. The number of benzene rings is 3. The molecule has 0 radical (unpaired) electrons. The van der Waals surface area contributed by atoms with Crippen molar-refractivity contribution in [3.63, 3.8) is 0 Å². The second-order valence-electron chi connectivity index (χ2n) is 5.62. The first-order valence-corrected chi connectivity index (χ1v) is 9.09. The fourth-order valence-corrected chi connectivity index (χ4v) is 2.58. The lowest BCUT2D eigenvalue weighted by atomic mass is 10.2. The lowest BCUT2D eigenvalue weighted by Crippen LogP contribution is -2.24. The Bertz CT molecular complexity index is 978. The minimum absolute atomic E-state index is 0.242. The number of hydrogen-bond donors (Lipinski definition) is 1. The van der Waals surface area contributed by atoms with Crippen molar-refractivity contribution in [1.82, 2.24) is 5.43 Å². The topological polar surface area (TPSA) is 59.9 Å². The Kier molecular flexibility index (Phi) is 6.89. The average Bonchev–Trinajstić information content (AvgIpc) is 2.70. The molecule has 0 saturated carbocycles. The number of rotatable bonds is 7. The Balaban J connectivity index is 1.52. The average molecular weight is 415 g/mol. The number of para-hydroxylation sites is 1. The van der Waals surface area contributed by atoms with Gasteiger partial charge in [0.05, 0.1) is 11.2 Å². The smallest absolute Gasteiger partial charge is 0.277 e. The number of hydrogen-bond acceptors (Lipinski definition) is 4. The van der Waals surface area contributed by atoms with Gasteiger partial charge in [0.1, 0.15) is 22.3 Å². The molecular weight excluding hydrogens is 399 g/mol. The van der Waals surface area contributed by atoms with E-state index in [1.807, 2.05) is 54.6 Å². The number of nitrogens with one attached hydrogen (secondary N) is 1. The maximum atomic E-state index is 11.9. The monoisotopic (exact) mass is 414 g/mol. The van der Waals surface area contributed by atoms with Gasteiger partial charge < -0.3 is 9.47 Å². The molecule has 3 aromatic carbocycles. The summed E-state index contributed by atoms with van der Waals surface area (Å²) in [6, 6.07) is 21.7. The third-order valence-electron chi connectivity index (χ3n) is 3.51. The van der Waals surface area contributed by atoms with Crippen molar-refractivity contribution in [1.29, 1.82) is 0 Å². The number of halogens is 2. The van der Waals surface area contributed by atoms with Gasteiger partial charge in [0.15, 0.2) is 6.61 Å². The zero-order chi connectivity index (χ0) is 19.8. The van der Waals surface area contributed by atoms with Gasteiger partial charge in [-0.15, -0.1) is 0 Å². The van der Waals surface area contributed by atoms with Crippen LogP contribution in [0, 0.1) is 0 Å². The summed E-state index contributed by atoms with van der Waals surface area (Å²) in [6.45, 7) is -0.242. The Morgan fingerprint density at radius 3 is 2.54 bits per heavy atom. The SMILES string of the molecule is O=C(COc1cccc(Cl)c1Cl)NN=Cc1cccc(Oc2ccccc2)c1. The third-order valence-corrected chi connectivity index (χ3v) is 4.32. The highest BCUT2D eigenvalue weighted by Gasteiger charge is 2.07. The van der Waals surface area contributed by atoms with Crippen molar-refractivity contribution < 1.29 is 14.3 Å². The predicted molar refractivity (Wildman–Crippen MR) is 111 cm³/mol. The number of ether oxygens (including phenoxy) is 2. The highest BCUT2D eigenvalue weighted by molar-refractivity contribution is 6.42. The fourth-order valence-electron chi connectivity index (χ4n) is 2.23. The molecule has 0 atom stereocenters. The molecule has 7 heteroatoms. The molecule has 0 spiro atoms. The van der Waals surface area contributed by atoms with Crippen molar-refractivity contribution in [3.8, 4) is 17.2 Å². The van der Waals surface area contributed by atoms with Crippen LogP contribution in [0.2, 0.25) is 10.0 Å². The van der Waals surface area contributed by atoms with Crippen LogP contribution in [0.3, 0.4) is 0 Å². The Hall–Kier alpha value is -3.02. The molecule has 3 aromatic rings. The quantitative estimate of drug-likeness (QED) is 0.420. The van der Waals surface area contributed by atoms with E-state index in [2.05, 4.69) is 10.5 Å². The highest BCUT2D eigenvalue weighted by Crippen LogP contribution is 2.31. The predicted octanol–water partition coefficient (Wildman–Crippen LogP) is 5.31. The van der Waals surface area contributed by atoms with Crippen LogP contribution in [-0.2, 0) is 4.79 Å². The first kappa shape index (κ1) is 19.7. The van der Waals surface area contributed by atoms with Gasteiger partial charge in [-0.2, -0.15) is 5.10 Å². The van der Waals surface area contributed by atoms with E-state index in [0.717, 1.165) is 11.3 Å². The summed E-state index contributed by atoms with van der Waals surface area (Å²) in [5, 5.41) is 4.54. The molecule has 0 aliphatic heterocycles. The molecule has 5 nitrogen and oxygen atoms in total. The minimum Gasteiger partial charge on any atom is -0.482 e. The standard InChI is InChI=1S/C21H16Cl2N2O3/c22-18-10-5-11-19(21(18)23)27-14-20(26)25-24-13-15-6-4-9-17(12-15)28-16-7-2-1-3-8-16/h1-13H,14H2,(H,25,26). The van der Waals surface area contributed by atoms with Crippen molar-refractivity contribution in [2.75, 3.05) is 6.61 Å². The maximum absolute atomic E-state index is 11.9. The van der Waals surface area contributed by atoms with Gasteiger partial charge in [0, 0.05) is 0 Å². The first-order valence-electron chi connectivity index (χ1n) is 8.33. The zero-order valence-corrected chi connectivity index (χ0v) is 16.2. The molecule has 0 unspecified atom stereocenters. The van der Waals surface area contributed by atoms with Crippen LogP contribution in [0.25, 0.3) is 0 Å². The van der Waals surface area contributed by atoms with E-state index in [0.29, 0.717) is 16.5 Å². The van der Waals surface area contributed by atoms with Gasteiger partial charge in [-0.05, 0) is 42.0 Å². The van der Waals surface area contributed by atoms with E-state index in [9.17, 15) is 4.79 Å². The zero-order valence-electron chi connectivity index (χ0n) is 14.6. The number of carbonyl (C=O) groups excluding carboxylic acids is 1. The number of nitrogens with zero attached hydrogens (tertiary/aromatic N) is 1. The Morgan fingerprint density at radius 2 is 1.71 bits per heavy atom. The summed E-state index contributed by atoms with van der Waals surface area (Å²) in [7, 11) is 0. The van der Waals surface area contributed by atoms with Crippen LogP contribution in [-0.4, -0.2) is 18.7 Å². The third kappa shape index (κ3) is 5.74. The molecule has 1 N–H and O–H groups in total. The molecule has 142 valence electrons. The molecule has 0 aliphatic carbocycles. The number of amides is 1. The van der Waals surface area contributed by atoms with Gasteiger partial charge >= 0.3 is 0 Å². The van der Waals surface area contributed by atoms with Crippen molar-refractivity contribution in [2.24, 2.45) is 5.10 Å². The summed E-state index contributed by atoms with van der Waals surface area (Å²) < 4.78 is 11.1. The van der Waals surface area contributed by atoms with E-state index in [1.165, 1.54) is 6.21 Å². The molecule has 0 bridgehead atoms. The van der Waals surface area contributed by atoms with E-state index in [1.54, 1.807) is 18.2 Å². The molecule has 0 aromatic heterocycles. The van der Waals surface area contributed by atoms with E-state index >= 15 is 0 Å². The van der Waals surface area contributed by atoms with E-state index < -0.39 is 5.91 Å². The second-order valence-corrected chi connectivity index (χ2v) is 6.41. The Morgan fingerprint density at radius 1 is 0.964 bits per heavy atom. The van der Waals surface area contributed by atoms with E-state index in [-0.39, 0.29) is 11.6 Å². The van der Waals surface area contributed by atoms with Crippen LogP contribution in [0.1, 0.15) is 5.56 Å². The molecule has 0 saturated heterocycles. The fraction of sp³-hybridized carbons (Fsp3) is 0.0476. The molecule has 1 amide bonds. The van der Waals surface area contributed by atoms with Crippen molar-refractivity contribution >= 4 is 35.3 Å². The van der Waals surface area contributed by atoms with Gasteiger partial charge in [-0.3, -0.25) is 4.79 Å². The van der Waals surface area contributed by atoms with Gasteiger partial charge in [0.2, 0.25) is 0 Å². The molecule has 0 aliphatic rings. The molecule has 0 fully saturated rings. The Labute approximate surface area is 172 Å². The first-order chi connectivity index (χ1) is 13.6. The van der Waals surface area contributed by atoms with Crippen molar-refractivity contribution in [2.45, 2.75) is 0 Å². The molecular formula is C21H16Cl2N2O3. The summed E-state index contributed by atoms with van der Waals surface area (Å²) in [4.78, 5) is 11.9. The normalized spacial score (nSPS) is 10.6. The van der Waals surface area contributed by atoms with Gasteiger partial charge in [0.25, 0.3) is 5.91 Å². The minimum atomic E-state index is -0.427. The van der Waals surface area contributed by atoms with Gasteiger partial charge in [-0.1, -0.05) is 59.6 Å². The summed E-state index contributed by atoms with van der Waals surface area (Å²) in [5.41, 5.74) is 3.16.